The molecule has 98 valence electrons. The normalized spacial score (nSPS) is 10.1. The highest BCUT2D eigenvalue weighted by Gasteiger charge is 2.08. The quantitative estimate of drug-likeness (QED) is 0.585. The zero-order valence-electron chi connectivity index (χ0n) is 10.1. The first-order valence-corrected chi connectivity index (χ1v) is 6.27. The third-order valence-corrected chi connectivity index (χ3v) is 2.70. The molecular formula is C13H17ClN2O2. The predicted octanol–water partition coefficient (Wildman–Crippen LogP) is 1.77. The van der Waals surface area contributed by atoms with Gasteiger partial charge in [-0.05, 0) is 37.2 Å². The molecule has 0 aliphatic carbocycles. The predicted molar refractivity (Wildman–Crippen MR) is 71.7 cm³/mol. The number of nitrogens with two attached hydrogens (primary N) is 1. The number of nitrogens with one attached hydrogen (secondary N) is 1. The van der Waals surface area contributed by atoms with E-state index in [1.807, 2.05) is 0 Å². The lowest BCUT2D eigenvalue weighted by Gasteiger charge is -2.04. The molecule has 0 aliphatic heterocycles. The van der Waals surface area contributed by atoms with Crippen LogP contribution in [-0.4, -0.2) is 24.8 Å². The summed E-state index contributed by atoms with van der Waals surface area (Å²) in [6.45, 7) is 1.11. The molecule has 0 aromatic heterocycles. The number of halogens is 1. The highest BCUT2D eigenvalue weighted by Crippen LogP contribution is 2.11. The van der Waals surface area contributed by atoms with Gasteiger partial charge in [0.25, 0.3) is 0 Å². The monoisotopic (exact) mass is 268 g/mol. The van der Waals surface area contributed by atoms with E-state index < -0.39 is 0 Å². The van der Waals surface area contributed by atoms with Crippen LogP contribution in [0.3, 0.4) is 0 Å². The first-order valence-electron chi connectivity index (χ1n) is 5.89. The van der Waals surface area contributed by atoms with Gasteiger partial charge < -0.3 is 11.1 Å². The highest BCUT2D eigenvalue weighted by molar-refractivity contribution is 6.30. The standard InChI is InChI=1S/C13H17ClN2O2/c14-11-4-2-10(3-5-11)12(17)6-7-13(18)16-9-1-8-15/h2-5H,1,6-9,15H2,(H,16,18). The van der Waals surface area contributed by atoms with Crippen LogP contribution in [0.15, 0.2) is 24.3 Å². The summed E-state index contributed by atoms with van der Waals surface area (Å²) >= 11 is 5.73. The number of hydrogen-bond donors (Lipinski definition) is 2. The van der Waals surface area contributed by atoms with Crippen molar-refractivity contribution in [1.82, 2.24) is 5.32 Å². The van der Waals surface area contributed by atoms with Gasteiger partial charge in [0.1, 0.15) is 0 Å². The van der Waals surface area contributed by atoms with Crippen molar-refractivity contribution in [2.75, 3.05) is 13.1 Å². The zero-order chi connectivity index (χ0) is 13.4. The molecule has 0 bridgehead atoms. The summed E-state index contributed by atoms with van der Waals surface area (Å²) in [5.74, 6) is -0.175. The van der Waals surface area contributed by atoms with E-state index in [1.54, 1.807) is 24.3 Å². The molecule has 4 nitrogen and oxygen atoms in total. The number of rotatable bonds is 7. The van der Waals surface area contributed by atoms with Crippen molar-refractivity contribution in [1.29, 1.82) is 0 Å². The largest absolute Gasteiger partial charge is 0.356 e. The van der Waals surface area contributed by atoms with Crippen molar-refractivity contribution in [2.24, 2.45) is 5.73 Å². The molecule has 0 atom stereocenters. The molecular weight excluding hydrogens is 252 g/mol. The number of benzene rings is 1. The minimum absolute atomic E-state index is 0.0550. The molecule has 0 fully saturated rings. The Balaban J connectivity index is 2.32. The summed E-state index contributed by atoms with van der Waals surface area (Å²) in [4.78, 5) is 23.1. The molecule has 1 aromatic carbocycles. The van der Waals surface area contributed by atoms with Crippen molar-refractivity contribution in [2.45, 2.75) is 19.3 Å². The lowest BCUT2D eigenvalue weighted by Crippen LogP contribution is -2.26. The highest BCUT2D eigenvalue weighted by atomic mass is 35.5. The van der Waals surface area contributed by atoms with Crippen molar-refractivity contribution in [3.8, 4) is 0 Å². The van der Waals surface area contributed by atoms with Crippen LogP contribution in [0.5, 0.6) is 0 Å². The van der Waals surface area contributed by atoms with Crippen LogP contribution >= 0.6 is 11.6 Å². The summed E-state index contributed by atoms with van der Waals surface area (Å²) < 4.78 is 0. The van der Waals surface area contributed by atoms with Gasteiger partial charge in [-0.1, -0.05) is 11.6 Å². The first-order chi connectivity index (χ1) is 8.63. The Morgan fingerprint density at radius 1 is 1.17 bits per heavy atom. The fourth-order valence-electron chi connectivity index (χ4n) is 1.43. The summed E-state index contributed by atoms with van der Waals surface area (Å²) in [6, 6.07) is 6.65. The smallest absolute Gasteiger partial charge is 0.220 e. The third kappa shape index (κ3) is 5.29. The maximum atomic E-state index is 11.7. The van der Waals surface area contributed by atoms with Gasteiger partial charge in [0.2, 0.25) is 5.91 Å². The number of amides is 1. The average Bonchev–Trinajstić information content (AvgIpc) is 2.37. The molecule has 1 amide bonds. The Morgan fingerprint density at radius 2 is 1.83 bits per heavy atom. The summed E-state index contributed by atoms with van der Waals surface area (Å²) in [7, 11) is 0. The SMILES string of the molecule is NCCCNC(=O)CCC(=O)c1ccc(Cl)cc1. The fraction of sp³-hybridized carbons (Fsp3) is 0.385. The van der Waals surface area contributed by atoms with Crippen LogP contribution in [0.4, 0.5) is 0 Å². The van der Waals surface area contributed by atoms with E-state index in [1.165, 1.54) is 0 Å². The van der Waals surface area contributed by atoms with Crippen LogP contribution in [0.1, 0.15) is 29.6 Å². The lowest BCUT2D eigenvalue weighted by atomic mass is 10.1. The second-order valence-corrected chi connectivity index (χ2v) is 4.36. The van der Waals surface area contributed by atoms with E-state index in [9.17, 15) is 9.59 Å². The van der Waals surface area contributed by atoms with Gasteiger partial charge in [0.05, 0.1) is 0 Å². The van der Waals surface area contributed by atoms with Gasteiger partial charge in [-0.15, -0.1) is 0 Å². The van der Waals surface area contributed by atoms with Crippen molar-refractivity contribution in [3.05, 3.63) is 34.9 Å². The second-order valence-electron chi connectivity index (χ2n) is 3.92. The van der Waals surface area contributed by atoms with Crippen LogP contribution in [0, 0.1) is 0 Å². The maximum Gasteiger partial charge on any atom is 0.220 e. The zero-order valence-corrected chi connectivity index (χ0v) is 10.9. The van der Waals surface area contributed by atoms with Crippen molar-refractivity contribution < 1.29 is 9.59 Å². The van der Waals surface area contributed by atoms with Crippen LogP contribution in [0.2, 0.25) is 5.02 Å². The molecule has 0 saturated carbocycles. The van der Waals surface area contributed by atoms with Crippen LogP contribution in [0.25, 0.3) is 0 Å². The van der Waals surface area contributed by atoms with Gasteiger partial charge in [-0.2, -0.15) is 0 Å². The number of hydrogen-bond acceptors (Lipinski definition) is 3. The topological polar surface area (TPSA) is 72.2 Å². The van der Waals surface area contributed by atoms with E-state index in [4.69, 9.17) is 17.3 Å². The summed E-state index contributed by atoms with van der Waals surface area (Å²) in [5.41, 5.74) is 5.89. The van der Waals surface area contributed by atoms with Gasteiger partial charge in [0, 0.05) is 30.0 Å². The summed E-state index contributed by atoms with van der Waals surface area (Å²) in [6.07, 6.45) is 1.15. The molecule has 0 aliphatic rings. The first kappa shape index (κ1) is 14.7. The molecule has 0 unspecified atom stereocenters. The Kier molecular flexibility index (Phi) is 6.39. The van der Waals surface area contributed by atoms with E-state index in [2.05, 4.69) is 5.32 Å². The molecule has 0 saturated heterocycles. The van der Waals surface area contributed by atoms with E-state index >= 15 is 0 Å². The molecule has 3 N–H and O–H groups in total. The summed E-state index contributed by atoms with van der Waals surface area (Å²) in [5, 5.41) is 3.30. The Morgan fingerprint density at radius 3 is 2.44 bits per heavy atom. The number of Topliss-reactive ketones (excluding diaryl/α,β-unsaturated/α-hetero) is 1. The van der Waals surface area contributed by atoms with Crippen molar-refractivity contribution in [3.63, 3.8) is 0 Å². The molecule has 0 heterocycles. The fourth-order valence-corrected chi connectivity index (χ4v) is 1.55. The average molecular weight is 269 g/mol. The van der Waals surface area contributed by atoms with Gasteiger partial charge in [-0.25, -0.2) is 0 Å². The molecule has 5 heteroatoms. The molecule has 1 rings (SSSR count). The molecule has 18 heavy (non-hydrogen) atoms. The second kappa shape index (κ2) is 7.84. The third-order valence-electron chi connectivity index (χ3n) is 2.45. The molecule has 0 radical (unpaired) electrons. The van der Waals surface area contributed by atoms with Gasteiger partial charge in [-0.3, -0.25) is 9.59 Å². The minimum Gasteiger partial charge on any atom is -0.356 e. The van der Waals surface area contributed by atoms with Crippen LogP contribution < -0.4 is 11.1 Å². The van der Waals surface area contributed by atoms with E-state index in [-0.39, 0.29) is 24.5 Å². The minimum atomic E-state index is -0.120. The van der Waals surface area contributed by atoms with Crippen LogP contribution in [-0.2, 0) is 4.79 Å². The number of carbonyl (C=O) groups is 2. The van der Waals surface area contributed by atoms with Gasteiger partial charge in [0.15, 0.2) is 5.78 Å². The van der Waals surface area contributed by atoms with Gasteiger partial charge >= 0.3 is 0 Å². The van der Waals surface area contributed by atoms with E-state index in [0.29, 0.717) is 23.7 Å². The lowest BCUT2D eigenvalue weighted by molar-refractivity contribution is -0.121. The number of carbonyl (C=O) groups excluding carboxylic acids is 2. The molecule has 0 spiro atoms. The van der Waals surface area contributed by atoms with E-state index in [0.717, 1.165) is 6.42 Å². The number of ketones is 1. The Bertz CT molecular complexity index is 404. The maximum absolute atomic E-state index is 11.7. The Hall–Kier alpha value is -1.39. The van der Waals surface area contributed by atoms with Crippen molar-refractivity contribution >= 4 is 23.3 Å². The molecule has 1 aromatic rings. The Labute approximate surface area is 112 Å².